The summed E-state index contributed by atoms with van der Waals surface area (Å²) in [6, 6.07) is 11.4. The molecule has 12 nitrogen and oxygen atoms in total. The van der Waals surface area contributed by atoms with Crippen molar-refractivity contribution in [2.24, 2.45) is 11.7 Å². The Hall–Kier alpha value is -4.45. The van der Waals surface area contributed by atoms with Gasteiger partial charge in [-0.1, -0.05) is 56.3 Å². The van der Waals surface area contributed by atoms with Crippen molar-refractivity contribution in [2.45, 2.75) is 63.7 Å². The molecule has 0 radical (unpaired) electrons. The largest absolute Gasteiger partial charge is 0.508 e. The van der Waals surface area contributed by atoms with Gasteiger partial charge in [0.05, 0.1) is 12.6 Å². The fraction of sp³-hybridized carbons (Fsp3) is 0.433. The van der Waals surface area contributed by atoms with Gasteiger partial charge in [0.25, 0.3) is 0 Å². The number of nitrogens with two attached hydrogens (primary N) is 1. The Morgan fingerprint density at radius 2 is 1.60 bits per heavy atom. The van der Waals surface area contributed by atoms with Gasteiger partial charge in [0.15, 0.2) is 0 Å². The van der Waals surface area contributed by atoms with Crippen LogP contribution >= 0.6 is 0 Å². The van der Waals surface area contributed by atoms with E-state index in [2.05, 4.69) is 26.6 Å². The zero-order valence-corrected chi connectivity index (χ0v) is 23.9. The minimum Gasteiger partial charge on any atom is -0.508 e. The third-order valence-corrected chi connectivity index (χ3v) is 6.79. The molecule has 1 aliphatic rings. The van der Waals surface area contributed by atoms with Crippen molar-refractivity contribution in [3.8, 4) is 5.75 Å². The number of carbonyl (C=O) groups is 5. The molecule has 226 valence electrons. The molecule has 2 aromatic rings. The van der Waals surface area contributed by atoms with Crippen LogP contribution in [-0.4, -0.2) is 71.9 Å². The highest BCUT2D eigenvalue weighted by molar-refractivity contribution is 5.95. The summed E-state index contributed by atoms with van der Waals surface area (Å²) in [7, 11) is 0. The third-order valence-electron chi connectivity index (χ3n) is 6.79. The summed E-state index contributed by atoms with van der Waals surface area (Å²) in [5, 5.41) is 22.8. The Kier molecular flexibility index (Phi) is 11.9. The Morgan fingerprint density at radius 1 is 0.905 bits per heavy atom. The molecule has 1 heterocycles. The first-order valence-electron chi connectivity index (χ1n) is 14.0. The molecule has 8 N–H and O–H groups in total. The highest BCUT2D eigenvalue weighted by atomic mass is 16.3. The number of aromatic hydroxyl groups is 1. The van der Waals surface area contributed by atoms with Gasteiger partial charge in [-0.2, -0.15) is 0 Å². The Morgan fingerprint density at radius 3 is 2.26 bits per heavy atom. The van der Waals surface area contributed by atoms with Gasteiger partial charge in [0.2, 0.25) is 29.5 Å². The normalized spacial score (nSPS) is 21.3. The molecule has 1 fully saturated rings. The quantitative estimate of drug-likeness (QED) is 0.222. The van der Waals surface area contributed by atoms with E-state index >= 15 is 0 Å². The smallest absolute Gasteiger partial charge is 0.243 e. The molecule has 5 amide bonds. The molecule has 4 unspecified atom stereocenters. The number of hydrogen-bond donors (Lipinski definition) is 7. The third kappa shape index (κ3) is 10.2. The summed E-state index contributed by atoms with van der Waals surface area (Å²) in [4.78, 5) is 65.1. The van der Waals surface area contributed by atoms with Crippen LogP contribution in [0.4, 0.5) is 0 Å². The summed E-state index contributed by atoms with van der Waals surface area (Å²) in [5.74, 6) is -2.61. The minimum absolute atomic E-state index is 0.0223. The van der Waals surface area contributed by atoms with Crippen LogP contribution in [0.2, 0.25) is 0 Å². The Labute approximate surface area is 245 Å². The molecule has 0 aliphatic carbocycles. The minimum atomic E-state index is -1.09. The van der Waals surface area contributed by atoms with E-state index in [0.717, 1.165) is 11.1 Å². The molecule has 1 aliphatic heterocycles. The van der Waals surface area contributed by atoms with Crippen molar-refractivity contribution in [3.05, 3.63) is 65.7 Å². The van der Waals surface area contributed by atoms with Crippen molar-refractivity contribution in [1.29, 1.82) is 0 Å². The standard InChI is InChI=1S/C30H40N6O6/c1-18(2)14-24-29(41)32-13-12-23(35-27(39)22(31)15-20-8-10-21(37)11-9-20)28(40)33-17-26(38)34-25(30(42)36-24)16-19-6-4-3-5-7-19/h3-11,18,22-25,37H,12-17,31H2,1-2H3,(H,32,41)(H,33,40)(H,34,38)(H,35,39)(H,36,42). The number of hydrogen-bond acceptors (Lipinski definition) is 7. The van der Waals surface area contributed by atoms with E-state index in [1.807, 2.05) is 44.2 Å². The monoisotopic (exact) mass is 580 g/mol. The first kappa shape index (κ1) is 32.1. The van der Waals surface area contributed by atoms with Gasteiger partial charge >= 0.3 is 0 Å². The Bertz CT molecular complexity index is 1240. The number of rotatable bonds is 8. The van der Waals surface area contributed by atoms with E-state index in [0.29, 0.717) is 6.42 Å². The number of phenols is 1. The van der Waals surface area contributed by atoms with Crippen molar-refractivity contribution in [3.63, 3.8) is 0 Å². The van der Waals surface area contributed by atoms with Crippen LogP contribution in [0, 0.1) is 5.92 Å². The number of amides is 5. The first-order valence-corrected chi connectivity index (χ1v) is 14.0. The van der Waals surface area contributed by atoms with E-state index in [9.17, 15) is 29.1 Å². The number of carbonyl (C=O) groups excluding carboxylic acids is 5. The van der Waals surface area contributed by atoms with Gasteiger partial charge < -0.3 is 37.4 Å². The van der Waals surface area contributed by atoms with Crippen LogP contribution in [0.1, 0.15) is 37.8 Å². The van der Waals surface area contributed by atoms with Crippen LogP contribution in [-0.2, 0) is 36.8 Å². The molecule has 12 heteroatoms. The molecular formula is C30H40N6O6. The summed E-state index contributed by atoms with van der Waals surface area (Å²) < 4.78 is 0. The summed E-state index contributed by atoms with van der Waals surface area (Å²) in [5.41, 5.74) is 7.60. The fourth-order valence-corrected chi connectivity index (χ4v) is 4.56. The van der Waals surface area contributed by atoms with Gasteiger partial charge in [-0.05, 0) is 48.4 Å². The molecular weight excluding hydrogens is 540 g/mol. The molecule has 0 spiro atoms. The maximum Gasteiger partial charge on any atom is 0.243 e. The average Bonchev–Trinajstić information content (AvgIpc) is 2.95. The lowest BCUT2D eigenvalue weighted by Crippen LogP contribution is -2.58. The predicted molar refractivity (Wildman–Crippen MR) is 156 cm³/mol. The van der Waals surface area contributed by atoms with Gasteiger partial charge in [-0.3, -0.25) is 24.0 Å². The van der Waals surface area contributed by atoms with Crippen LogP contribution in [0.3, 0.4) is 0 Å². The lowest BCUT2D eigenvalue weighted by Gasteiger charge is -2.26. The lowest BCUT2D eigenvalue weighted by molar-refractivity contribution is -0.133. The molecule has 0 bridgehead atoms. The molecule has 4 atom stereocenters. The molecule has 2 aromatic carbocycles. The second-order valence-corrected chi connectivity index (χ2v) is 10.8. The van der Waals surface area contributed by atoms with E-state index in [-0.39, 0.29) is 37.5 Å². The van der Waals surface area contributed by atoms with Gasteiger partial charge in [-0.15, -0.1) is 0 Å². The van der Waals surface area contributed by atoms with Crippen LogP contribution in [0.5, 0.6) is 5.75 Å². The number of benzene rings is 2. The van der Waals surface area contributed by atoms with Gasteiger partial charge in [0.1, 0.15) is 23.9 Å². The van der Waals surface area contributed by atoms with Crippen molar-refractivity contribution >= 4 is 29.5 Å². The second-order valence-electron chi connectivity index (χ2n) is 10.8. The SMILES string of the molecule is CC(C)CC1NC(=O)C(Cc2ccccc2)NC(=O)CNC(=O)C(NC(=O)C(N)Cc2ccc(O)cc2)CCNC1=O. The molecule has 0 saturated carbocycles. The van der Waals surface area contributed by atoms with E-state index in [1.54, 1.807) is 12.1 Å². The molecule has 0 aromatic heterocycles. The van der Waals surface area contributed by atoms with Crippen LogP contribution in [0.25, 0.3) is 0 Å². The molecule has 3 rings (SSSR count). The van der Waals surface area contributed by atoms with Crippen molar-refractivity contribution in [2.75, 3.05) is 13.1 Å². The first-order chi connectivity index (χ1) is 20.0. The van der Waals surface area contributed by atoms with Crippen molar-refractivity contribution < 1.29 is 29.1 Å². The zero-order chi connectivity index (χ0) is 30.6. The van der Waals surface area contributed by atoms with Crippen LogP contribution in [0.15, 0.2) is 54.6 Å². The maximum absolute atomic E-state index is 13.3. The lowest BCUT2D eigenvalue weighted by atomic mass is 10.0. The van der Waals surface area contributed by atoms with Crippen LogP contribution < -0.4 is 32.3 Å². The van der Waals surface area contributed by atoms with Crippen molar-refractivity contribution in [1.82, 2.24) is 26.6 Å². The average molecular weight is 581 g/mol. The molecule has 1 saturated heterocycles. The van der Waals surface area contributed by atoms with Gasteiger partial charge in [0, 0.05) is 13.0 Å². The topological polar surface area (TPSA) is 192 Å². The predicted octanol–water partition coefficient (Wildman–Crippen LogP) is -0.359. The van der Waals surface area contributed by atoms with E-state index in [4.69, 9.17) is 5.73 Å². The highest BCUT2D eigenvalue weighted by Gasteiger charge is 2.30. The number of nitrogens with one attached hydrogen (secondary N) is 5. The van der Waals surface area contributed by atoms with E-state index in [1.165, 1.54) is 12.1 Å². The zero-order valence-electron chi connectivity index (χ0n) is 23.9. The summed E-state index contributed by atoms with van der Waals surface area (Å²) >= 11 is 0. The van der Waals surface area contributed by atoms with Gasteiger partial charge in [-0.25, -0.2) is 0 Å². The Balaban J connectivity index is 1.75. The molecule has 42 heavy (non-hydrogen) atoms. The fourth-order valence-electron chi connectivity index (χ4n) is 4.56. The highest BCUT2D eigenvalue weighted by Crippen LogP contribution is 2.12. The summed E-state index contributed by atoms with van der Waals surface area (Å²) in [6.45, 7) is 3.44. The second kappa shape index (κ2) is 15.5. The van der Waals surface area contributed by atoms with E-state index < -0.39 is 60.2 Å². The summed E-state index contributed by atoms with van der Waals surface area (Å²) in [6.07, 6.45) is 0.727. The maximum atomic E-state index is 13.3. The number of phenolic OH excluding ortho intramolecular Hbond substituents is 1.